The third-order valence-corrected chi connectivity index (χ3v) is 3.96. The van der Waals surface area contributed by atoms with Gasteiger partial charge in [0.1, 0.15) is 0 Å². The maximum absolute atomic E-state index is 6.17. The summed E-state index contributed by atoms with van der Waals surface area (Å²) in [6.07, 6.45) is 1.20. The molecule has 1 N–H and O–H groups in total. The Morgan fingerprint density at radius 2 is 2.25 bits per heavy atom. The van der Waals surface area contributed by atoms with E-state index in [9.17, 15) is 0 Å². The quantitative estimate of drug-likeness (QED) is 0.897. The van der Waals surface area contributed by atoms with Crippen LogP contribution in [0.4, 0.5) is 0 Å². The molecule has 88 valence electrons. The van der Waals surface area contributed by atoms with Gasteiger partial charge in [0.05, 0.1) is 10.0 Å². The van der Waals surface area contributed by atoms with Crippen molar-refractivity contribution in [3.8, 4) is 0 Å². The number of hydrogen-bond acceptors (Lipinski definition) is 2. The SMILES string of the molecule is CNC1CCN(Cc2cccc(Cl)c2Cl)C1. The second-order valence-electron chi connectivity index (χ2n) is 4.22. The Bertz CT molecular complexity index is 368. The Labute approximate surface area is 107 Å². The van der Waals surface area contributed by atoms with Crippen LogP contribution in [0.15, 0.2) is 18.2 Å². The first-order valence-corrected chi connectivity index (χ1v) is 6.29. The van der Waals surface area contributed by atoms with Gasteiger partial charge in [-0.1, -0.05) is 35.3 Å². The van der Waals surface area contributed by atoms with Crippen LogP contribution in [0.25, 0.3) is 0 Å². The second kappa shape index (κ2) is 5.37. The predicted molar refractivity (Wildman–Crippen MR) is 69.2 cm³/mol. The third kappa shape index (κ3) is 2.69. The van der Waals surface area contributed by atoms with Crippen molar-refractivity contribution in [2.24, 2.45) is 0 Å². The summed E-state index contributed by atoms with van der Waals surface area (Å²) < 4.78 is 0. The van der Waals surface area contributed by atoms with E-state index >= 15 is 0 Å². The number of nitrogens with zero attached hydrogens (tertiary/aromatic N) is 1. The molecule has 0 aromatic heterocycles. The smallest absolute Gasteiger partial charge is 0.0637 e. The van der Waals surface area contributed by atoms with Crippen LogP contribution in [0, 0.1) is 0 Å². The van der Waals surface area contributed by atoms with E-state index in [1.165, 1.54) is 6.42 Å². The van der Waals surface area contributed by atoms with Crippen molar-refractivity contribution in [3.63, 3.8) is 0 Å². The first kappa shape index (κ1) is 12.2. The van der Waals surface area contributed by atoms with Gasteiger partial charge in [-0.05, 0) is 25.1 Å². The molecule has 1 aliphatic rings. The van der Waals surface area contributed by atoms with Gasteiger partial charge < -0.3 is 5.32 Å². The molecule has 1 aliphatic heterocycles. The van der Waals surface area contributed by atoms with Gasteiger partial charge in [0, 0.05) is 25.7 Å². The number of nitrogens with one attached hydrogen (secondary N) is 1. The number of rotatable bonds is 3. The van der Waals surface area contributed by atoms with E-state index in [2.05, 4.69) is 10.2 Å². The molecule has 2 nitrogen and oxygen atoms in total. The Balaban J connectivity index is 2.02. The van der Waals surface area contributed by atoms with Crippen molar-refractivity contribution in [3.05, 3.63) is 33.8 Å². The van der Waals surface area contributed by atoms with Crippen molar-refractivity contribution < 1.29 is 0 Å². The molecule has 16 heavy (non-hydrogen) atoms. The lowest BCUT2D eigenvalue weighted by Crippen LogP contribution is -2.29. The highest BCUT2D eigenvalue weighted by Gasteiger charge is 2.21. The van der Waals surface area contributed by atoms with E-state index in [0.29, 0.717) is 16.1 Å². The minimum Gasteiger partial charge on any atom is -0.316 e. The monoisotopic (exact) mass is 258 g/mol. The fourth-order valence-corrected chi connectivity index (χ4v) is 2.50. The maximum atomic E-state index is 6.17. The molecule has 0 aliphatic carbocycles. The molecule has 1 fully saturated rings. The normalized spacial score (nSPS) is 21.6. The summed E-state index contributed by atoms with van der Waals surface area (Å²) in [6.45, 7) is 3.09. The second-order valence-corrected chi connectivity index (χ2v) is 5.01. The molecule has 1 saturated heterocycles. The zero-order valence-corrected chi connectivity index (χ0v) is 10.9. The number of likely N-dealkylation sites (N-methyl/N-ethyl adjacent to an activating group) is 1. The molecular weight excluding hydrogens is 243 g/mol. The molecule has 1 aromatic carbocycles. The minimum atomic E-state index is 0.609. The van der Waals surface area contributed by atoms with Crippen LogP contribution >= 0.6 is 23.2 Å². The van der Waals surface area contributed by atoms with E-state index in [1.807, 2.05) is 25.2 Å². The zero-order chi connectivity index (χ0) is 11.5. The molecule has 1 heterocycles. The Kier molecular flexibility index (Phi) is 4.09. The molecule has 4 heteroatoms. The molecule has 0 amide bonds. The molecule has 0 bridgehead atoms. The zero-order valence-electron chi connectivity index (χ0n) is 9.34. The van der Waals surface area contributed by atoms with Crippen LogP contribution < -0.4 is 5.32 Å². The first-order valence-electron chi connectivity index (χ1n) is 5.53. The first-order chi connectivity index (χ1) is 7.70. The highest BCUT2D eigenvalue weighted by molar-refractivity contribution is 6.42. The van der Waals surface area contributed by atoms with Gasteiger partial charge in [-0.25, -0.2) is 0 Å². The van der Waals surface area contributed by atoms with E-state index in [0.717, 1.165) is 25.2 Å². The minimum absolute atomic E-state index is 0.609. The number of benzene rings is 1. The summed E-state index contributed by atoms with van der Waals surface area (Å²) in [4.78, 5) is 2.40. The number of hydrogen-bond donors (Lipinski definition) is 1. The van der Waals surface area contributed by atoms with Crippen LogP contribution in [-0.2, 0) is 6.54 Å². The average molecular weight is 259 g/mol. The lowest BCUT2D eigenvalue weighted by Gasteiger charge is -2.17. The molecule has 2 rings (SSSR count). The van der Waals surface area contributed by atoms with Crippen molar-refractivity contribution in [1.82, 2.24) is 10.2 Å². The fraction of sp³-hybridized carbons (Fsp3) is 0.500. The van der Waals surface area contributed by atoms with E-state index < -0.39 is 0 Å². The third-order valence-electron chi connectivity index (χ3n) is 3.11. The summed E-state index contributed by atoms with van der Waals surface area (Å²) >= 11 is 12.2. The van der Waals surface area contributed by atoms with Crippen LogP contribution in [0.1, 0.15) is 12.0 Å². The van der Waals surface area contributed by atoms with Crippen molar-refractivity contribution >= 4 is 23.2 Å². The predicted octanol–water partition coefficient (Wildman–Crippen LogP) is 2.79. The van der Waals surface area contributed by atoms with Gasteiger partial charge in [0.15, 0.2) is 0 Å². The Hall–Kier alpha value is -0.280. The lowest BCUT2D eigenvalue weighted by atomic mass is 10.2. The largest absolute Gasteiger partial charge is 0.316 e. The molecule has 0 radical (unpaired) electrons. The highest BCUT2D eigenvalue weighted by atomic mass is 35.5. The molecule has 1 unspecified atom stereocenters. The van der Waals surface area contributed by atoms with E-state index in [-0.39, 0.29) is 0 Å². The van der Waals surface area contributed by atoms with Gasteiger partial charge in [-0.3, -0.25) is 4.90 Å². The van der Waals surface area contributed by atoms with Crippen molar-refractivity contribution in [2.45, 2.75) is 19.0 Å². The van der Waals surface area contributed by atoms with Gasteiger partial charge in [-0.2, -0.15) is 0 Å². The summed E-state index contributed by atoms with van der Waals surface area (Å²) in [5, 5.41) is 4.64. The lowest BCUT2D eigenvalue weighted by molar-refractivity contribution is 0.322. The summed E-state index contributed by atoms with van der Waals surface area (Å²) in [6, 6.07) is 6.43. The summed E-state index contributed by atoms with van der Waals surface area (Å²) in [7, 11) is 2.01. The number of likely N-dealkylation sites (tertiary alicyclic amines) is 1. The molecule has 0 saturated carbocycles. The highest BCUT2D eigenvalue weighted by Crippen LogP contribution is 2.27. The van der Waals surface area contributed by atoms with Crippen LogP contribution in [-0.4, -0.2) is 31.1 Å². The topological polar surface area (TPSA) is 15.3 Å². The Morgan fingerprint density at radius 3 is 2.94 bits per heavy atom. The molecular formula is C12H16Cl2N2. The van der Waals surface area contributed by atoms with Crippen molar-refractivity contribution in [2.75, 3.05) is 20.1 Å². The van der Waals surface area contributed by atoms with Gasteiger partial charge in [0.25, 0.3) is 0 Å². The van der Waals surface area contributed by atoms with Gasteiger partial charge in [0.2, 0.25) is 0 Å². The Morgan fingerprint density at radius 1 is 1.44 bits per heavy atom. The van der Waals surface area contributed by atoms with Crippen molar-refractivity contribution in [1.29, 1.82) is 0 Å². The fourth-order valence-electron chi connectivity index (χ4n) is 2.12. The van der Waals surface area contributed by atoms with Gasteiger partial charge >= 0.3 is 0 Å². The number of halogens is 2. The summed E-state index contributed by atoms with van der Waals surface area (Å²) in [5.41, 5.74) is 1.12. The molecule has 1 aromatic rings. The molecule has 0 spiro atoms. The maximum Gasteiger partial charge on any atom is 0.0637 e. The molecule has 1 atom stereocenters. The van der Waals surface area contributed by atoms with Crippen LogP contribution in [0.3, 0.4) is 0 Å². The standard InChI is InChI=1S/C12H16Cl2N2/c1-15-10-5-6-16(8-10)7-9-3-2-4-11(13)12(9)14/h2-4,10,15H,5-8H2,1H3. The average Bonchev–Trinajstić information content (AvgIpc) is 2.73. The van der Waals surface area contributed by atoms with Crippen LogP contribution in [0.5, 0.6) is 0 Å². The summed E-state index contributed by atoms with van der Waals surface area (Å²) in [5.74, 6) is 0. The van der Waals surface area contributed by atoms with Crippen LogP contribution in [0.2, 0.25) is 10.0 Å². The van der Waals surface area contributed by atoms with E-state index in [1.54, 1.807) is 0 Å². The van der Waals surface area contributed by atoms with Gasteiger partial charge in [-0.15, -0.1) is 0 Å². The van der Waals surface area contributed by atoms with E-state index in [4.69, 9.17) is 23.2 Å².